The molecule has 3 unspecified atom stereocenters. The van der Waals surface area contributed by atoms with Crippen molar-refractivity contribution in [3.05, 3.63) is 12.2 Å². The molecule has 4 aliphatic carbocycles. The maximum atomic E-state index is 13.1. The van der Waals surface area contributed by atoms with Gasteiger partial charge in [0.15, 0.2) is 0 Å². The standard InChI is InChI=1S/C24H38O2/c1-5-6-15(2)18-9-10-19-17-13-22(26)21-8-7-16(25)14-24(21,4)20(17)11-12-23(18,19)3/h5-6,15-21,25H,7-14H2,1-4H3/b6-5-/t15-,16-,17?,18-,19?,20?,21-,23-,24-/m1/s1. The van der Waals surface area contributed by atoms with Gasteiger partial charge in [0, 0.05) is 12.3 Å². The molecule has 0 aromatic heterocycles. The summed E-state index contributed by atoms with van der Waals surface area (Å²) in [6.45, 7) is 9.43. The lowest BCUT2D eigenvalue weighted by Gasteiger charge is -2.60. The van der Waals surface area contributed by atoms with Gasteiger partial charge in [-0.25, -0.2) is 0 Å². The SMILES string of the molecule is C/C=C\[C@@H](C)[C@H]1CCC2C3CC(=O)[C@H]4CC[C@@H](O)C[C@]4(C)C3CC[C@@]21C. The first-order valence-corrected chi connectivity index (χ1v) is 11.1. The zero-order valence-corrected chi connectivity index (χ0v) is 17.2. The second-order valence-electron chi connectivity index (χ2n) is 10.7. The highest BCUT2D eigenvalue weighted by atomic mass is 16.3. The summed E-state index contributed by atoms with van der Waals surface area (Å²) in [6.07, 6.45) is 13.1. The third-order valence-corrected chi connectivity index (χ3v) is 9.57. The Labute approximate surface area is 159 Å². The van der Waals surface area contributed by atoms with E-state index in [0.717, 1.165) is 31.6 Å². The van der Waals surface area contributed by atoms with E-state index in [0.29, 0.717) is 34.9 Å². The van der Waals surface area contributed by atoms with E-state index in [-0.39, 0.29) is 17.4 Å². The van der Waals surface area contributed by atoms with Gasteiger partial charge in [0.1, 0.15) is 5.78 Å². The molecule has 4 aliphatic rings. The maximum absolute atomic E-state index is 13.1. The average Bonchev–Trinajstić information content (AvgIpc) is 2.92. The van der Waals surface area contributed by atoms with E-state index in [1.54, 1.807) is 0 Å². The smallest absolute Gasteiger partial charge is 0.136 e. The molecule has 0 bridgehead atoms. The van der Waals surface area contributed by atoms with Crippen molar-refractivity contribution in [2.75, 3.05) is 0 Å². The number of hydrogen-bond acceptors (Lipinski definition) is 2. The molecule has 146 valence electrons. The number of allylic oxidation sites excluding steroid dienone is 2. The van der Waals surface area contributed by atoms with E-state index < -0.39 is 0 Å². The molecule has 0 spiro atoms. The third kappa shape index (κ3) is 2.58. The van der Waals surface area contributed by atoms with Gasteiger partial charge in [-0.2, -0.15) is 0 Å². The summed E-state index contributed by atoms with van der Waals surface area (Å²) in [7, 11) is 0. The lowest BCUT2D eigenvalue weighted by molar-refractivity contribution is -0.160. The minimum atomic E-state index is -0.192. The van der Waals surface area contributed by atoms with Crippen LogP contribution in [0.25, 0.3) is 0 Å². The molecule has 9 atom stereocenters. The van der Waals surface area contributed by atoms with Crippen molar-refractivity contribution in [1.29, 1.82) is 0 Å². The fourth-order valence-corrected chi connectivity index (χ4v) is 8.49. The number of fused-ring (bicyclic) bond motifs is 5. The molecule has 26 heavy (non-hydrogen) atoms. The van der Waals surface area contributed by atoms with Crippen molar-refractivity contribution < 1.29 is 9.90 Å². The Balaban J connectivity index is 1.64. The first-order valence-electron chi connectivity index (χ1n) is 11.1. The third-order valence-electron chi connectivity index (χ3n) is 9.57. The van der Waals surface area contributed by atoms with Crippen LogP contribution in [0, 0.1) is 46.3 Å². The fraction of sp³-hybridized carbons (Fsp3) is 0.875. The molecule has 4 saturated carbocycles. The zero-order chi connectivity index (χ0) is 18.7. The first kappa shape index (κ1) is 18.7. The highest BCUT2D eigenvalue weighted by Crippen LogP contribution is 2.67. The number of ketones is 1. The van der Waals surface area contributed by atoms with Crippen LogP contribution in [-0.2, 0) is 4.79 Å². The predicted octanol–water partition coefficient (Wildman–Crippen LogP) is 5.40. The summed E-state index contributed by atoms with van der Waals surface area (Å²) in [5.74, 6) is 4.07. The van der Waals surface area contributed by atoms with Crippen molar-refractivity contribution in [2.45, 2.75) is 85.2 Å². The molecule has 4 fully saturated rings. The van der Waals surface area contributed by atoms with Crippen LogP contribution in [0.2, 0.25) is 0 Å². The van der Waals surface area contributed by atoms with Crippen LogP contribution in [0.15, 0.2) is 12.2 Å². The molecule has 1 N–H and O–H groups in total. The van der Waals surface area contributed by atoms with E-state index in [1.165, 1.54) is 25.7 Å². The molecule has 0 amide bonds. The van der Waals surface area contributed by atoms with Gasteiger partial charge < -0.3 is 5.11 Å². The van der Waals surface area contributed by atoms with Crippen LogP contribution in [0.3, 0.4) is 0 Å². The normalized spacial score (nSPS) is 52.4. The van der Waals surface area contributed by atoms with Crippen molar-refractivity contribution in [3.63, 3.8) is 0 Å². The lowest BCUT2D eigenvalue weighted by atomic mass is 9.44. The number of carbonyl (C=O) groups excluding carboxylic acids is 1. The van der Waals surface area contributed by atoms with E-state index in [4.69, 9.17) is 0 Å². The summed E-state index contributed by atoms with van der Waals surface area (Å²) in [5, 5.41) is 10.4. The molecular formula is C24H38O2. The van der Waals surface area contributed by atoms with Crippen LogP contribution in [-0.4, -0.2) is 17.0 Å². The molecule has 2 heteroatoms. The van der Waals surface area contributed by atoms with Crippen molar-refractivity contribution in [3.8, 4) is 0 Å². The second-order valence-corrected chi connectivity index (χ2v) is 10.7. The Morgan fingerprint density at radius 3 is 2.54 bits per heavy atom. The summed E-state index contributed by atoms with van der Waals surface area (Å²) >= 11 is 0. The minimum absolute atomic E-state index is 0.0476. The maximum Gasteiger partial charge on any atom is 0.136 e. The molecule has 2 nitrogen and oxygen atoms in total. The minimum Gasteiger partial charge on any atom is -0.393 e. The van der Waals surface area contributed by atoms with Gasteiger partial charge in [0.05, 0.1) is 6.10 Å². The van der Waals surface area contributed by atoms with E-state index >= 15 is 0 Å². The van der Waals surface area contributed by atoms with Gasteiger partial charge in [-0.05, 0) is 92.3 Å². The quantitative estimate of drug-likeness (QED) is 0.671. The van der Waals surface area contributed by atoms with Crippen molar-refractivity contribution in [2.24, 2.45) is 46.3 Å². The zero-order valence-electron chi connectivity index (χ0n) is 17.2. The monoisotopic (exact) mass is 358 g/mol. The number of rotatable bonds is 2. The summed E-state index contributed by atoms with van der Waals surface area (Å²) in [5.41, 5.74) is 0.447. The molecule has 0 radical (unpaired) electrons. The van der Waals surface area contributed by atoms with Crippen molar-refractivity contribution >= 4 is 5.78 Å². The van der Waals surface area contributed by atoms with Crippen molar-refractivity contribution in [1.82, 2.24) is 0 Å². The molecule has 0 aliphatic heterocycles. The van der Waals surface area contributed by atoms with Gasteiger partial charge in [-0.15, -0.1) is 0 Å². The average molecular weight is 359 g/mol. The molecule has 0 saturated heterocycles. The summed E-state index contributed by atoms with van der Waals surface area (Å²) in [6, 6.07) is 0. The molecular weight excluding hydrogens is 320 g/mol. The Kier molecular flexibility index (Phi) is 4.66. The van der Waals surface area contributed by atoms with E-state index in [2.05, 4.69) is 39.8 Å². The number of aliphatic hydroxyl groups excluding tert-OH is 1. The molecule has 0 aromatic carbocycles. The summed E-state index contributed by atoms with van der Waals surface area (Å²) in [4.78, 5) is 13.1. The van der Waals surface area contributed by atoms with E-state index in [9.17, 15) is 9.90 Å². The highest BCUT2D eigenvalue weighted by Gasteiger charge is 2.62. The Hall–Kier alpha value is -0.630. The van der Waals surface area contributed by atoms with Crippen LogP contribution in [0.1, 0.15) is 79.1 Å². The number of aliphatic hydroxyl groups is 1. The Morgan fingerprint density at radius 2 is 1.81 bits per heavy atom. The van der Waals surface area contributed by atoms with Crippen LogP contribution >= 0.6 is 0 Å². The number of Topliss-reactive ketones (excluding diaryl/α,β-unsaturated/α-hetero) is 1. The largest absolute Gasteiger partial charge is 0.393 e. The van der Waals surface area contributed by atoms with Gasteiger partial charge in [0.25, 0.3) is 0 Å². The molecule has 4 rings (SSSR count). The number of carbonyl (C=O) groups is 1. The van der Waals surface area contributed by atoms with E-state index in [1.807, 2.05) is 0 Å². The van der Waals surface area contributed by atoms with Crippen LogP contribution in [0.4, 0.5) is 0 Å². The second kappa shape index (κ2) is 6.47. The van der Waals surface area contributed by atoms with Crippen LogP contribution in [0.5, 0.6) is 0 Å². The van der Waals surface area contributed by atoms with Gasteiger partial charge in [-0.3, -0.25) is 4.79 Å². The first-order chi connectivity index (χ1) is 12.3. The van der Waals surface area contributed by atoms with Gasteiger partial charge >= 0.3 is 0 Å². The summed E-state index contributed by atoms with van der Waals surface area (Å²) < 4.78 is 0. The molecule has 0 aromatic rings. The predicted molar refractivity (Wildman–Crippen MR) is 106 cm³/mol. The Bertz CT molecular complexity index is 595. The molecule has 0 heterocycles. The van der Waals surface area contributed by atoms with Gasteiger partial charge in [-0.1, -0.05) is 32.9 Å². The fourth-order valence-electron chi connectivity index (χ4n) is 8.49. The Morgan fingerprint density at radius 1 is 1.08 bits per heavy atom. The number of hydrogen-bond donors (Lipinski definition) is 1. The lowest BCUT2D eigenvalue weighted by Crippen LogP contribution is -2.57. The van der Waals surface area contributed by atoms with Gasteiger partial charge in [0.2, 0.25) is 0 Å². The topological polar surface area (TPSA) is 37.3 Å². The highest BCUT2D eigenvalue weighted by molar-refractivity contribution is 5.83. The van der Waals surface area contributed by atoms with Crippen LogP contribution < -0.4 is 0 Å².